The maximum Gasteiger partial charge on any atom is 0.274 e. The van der Waals surface area contributed by atoms with Crippen molar-refractivity contribution in [3.8, 4) is 5.75 Å². The van der Waals surface area contributed by atoms with Crippen molar-refractivity contribution in [3.05, 3.63) is 77.3 Å². The summed E-state index contributed by atoms with van der Waals surface area (Å²) in [5.74, 6) is 0.120. The highest BCUT2D eigenvalue weighted by Gasteiger charge is 2.23. The number of amides is 1. The first-order chi connectivity index (χ1) is 14.1. The Morgan fingerprint density at radius 2 is 1.69 bits per heavy atom. The van der Waals surface area contributed by atoms with Gasteiger partial charge in [0.25, 0.3) is 5.91 Å². The van der Waals surface area contributed by atoms with Crippen LogP contribution in [0.3, 0.4) is 0 Å². The number of hydrogen-bond donors (Lipinski definition) is 0. The summed E-state index contributed by atoms with van der Waals surface area (Å²) in [4.78, 5) is 16.8. The molecule has 3 aromatic rings. The molecule has 0 N–H and O–H groups in total. The molecule has 0 spiro atoms. The van der Waals surface area contributed by atoms with E-state index in [4.69, 9.17) is 16.3 Å². The van der Waals surface area contributed by atoms with E-state index in [9.17, 15) is 9.18 Å². The Bertz CT molecular complexity index is 967. The molecule has 150 valence electrons. The third-order valence-electron chi connectivity index (χ3n) is 4.80. The molecular weight excluding hydrogens is 395 g/mol. The fourth-order valence-electron chi connectivity index (χ4n) is 3.20. The van der Waals surface area contributed by atoms with Gasteiger partial charge in [0.2, 0.25) is 0 Å². The van der Waals surface area contributed by atoms with Crippen LogP contribution in [0.2, 0.25) is 5.02 Å². The van der Waals surface area contributed by atoms with Crippen LogP contribution in [0.4, 0.5) is 10.1 Å². The molecule has 4 rings (SSSR count). The minimum absolute atomic E-state index is 0.0960. The Morgan fingerprint density at radius 3 is 2.38 bits per heavy atom. The van der Waals surface area contributed by atoms with Crippen molar-refractivity contribution in [1.82, 2.24) is 14.7 Å². The molecule has 29 heavy (non-hydrogen) atoms. The van der Waals surface area contributed by atoms with E-state index in [1.54, 1.807) is 34.0 Å². The zero-order chi connectivity index (χ0) is 20.2. The van der Waals surface area contributed by atoms with E-state index in [-0.39, 0.29) is 18.5 Å². The summed E-state index contributed by atoms with van der Waals surface area (Å²) in [5, 5.41) is 5.01. The first-order valence-corrected chi connectivity index (χ1v) is 9.68. The third-order valence-corrected chi connectivity index (χ3v) is 5.05. The molecular formula is C21H20ClFN4O2. The molecule has 1 amide bonds. The lowest BCUT2D eigenvalue weighted by Gasteiger charge is -2.35. The fourth-order valence-corrected chi connectivity index (χ4v) is 3.33. The van der Waals surface area contributed by atoms with E-state index in [2.05, 4.69) is 10.00 Å². The Kier molecular flexibility index (Phi) is 5.67. The largest absolute Gasteiger partial charge is 0.471 e. The van der Waals surface area contributed by atoms with Gasteiger partial charge in [-0.3, -0.25) is 4.79 Å². The standard InChI is InChI=1S/C21H20ClFN4O2/c22-16-1-5-18(6-2-16)25-11-13-26(14-12-25)21(28)20-9-10-27(24-20)15-29-19-7-3-17(23)4-8-19/h1-10H,11-15H2. The normalized spacial score (nSPS) is 14.1. The summed E-state index contributed by atoms with van der Waals surface area (Å²) in [5.41, 5.74) is 1.48. The minimum atomic E-state index is -0.319. The van der Waals surface area contributed by atoms with Gasteiger partial charge in [0.1, 0.15) is 11.6 Å². The third kappa shape index (κ3) is 4.68. The molecule has 8 heteroatoms. The Balaban J connectivity index is 1.31. The highest BCUT2D eigenvalue weighted by Crippen LogP contribution is 2.20. The topological polar surface area (TPSA) is 50.6 Å². The lowest BCUT2D eigenvalue weighted by molar-refractivity contribution is 0.0738. The van der Waals surface area contributed by atoms with Gasteiger partial charge in [-0.05, 0) is 54.6 Å². The highest BCUT2D eigenvalue weighted by atomic mass is 35.5. The molecule has 1 fully saturated rings. The maximum absolute atomic E-state index is 12.9. The average Bonchev–Trinajstić information content (AvgIpc) is 3.23. The molecule has 1 aliphatic rings. The number of piperazine rings is 1. The number of nitrogens with zero attached hydrogens (tertiary/aromatic N) is 4. The number of ether oxygens (including phenoxy) is 1. The molecule has 0 unspecified atom stereocenters. The van der Waals surface area contributed by atoms with Crippen molar-refractivity contribution in [2.45, 2.75) is 6.73 Å². The number of hydrogen-bond acceptors (Lipinski definition) is 4. The number of carbonyl (C=O) groups is 1. The second-order valence-corrected chi connectivity index (χ2v) is 7.16. The summed E-state index contributed by atoms with van der Waals surface area (Å²) in [7, 11) is 0. The van der Waals surface area contributed by atoms with Crippen LogP contribution in [0, 0.1) is 5.82 Å². The summed E-state index contributed by atoms with van der Waals surface area (Å²) in [6, 6.07) is 15.2. The van der Waals surface area contributed by atoms with E-state index in [1.165, 1.54) is 12.1 Å². The average molecular weight is 415 g/mol. The molecule has 0 radical (unpaired) electrons. The van der Waals surface area contributed by atoms with Crippen LogP contribution in [0.5, 0.6) is 5.75 Å². The smallest absolute Gasteiger partial charge is 0.274 e. The molecule has 2 aromatic carbocycles. The van der Waals surface area contributed by atoms with Crippen LogP contribution >= 0.6 is 11.6 Å². The van der Waals surface area contributed by atoms with Gasteiger partial charge < -0.3 is 14.5 Å². The molecule has 2 heterocycles. The van der Waals surface area contributed by atoms with Crippen molar-refractivity contribution in [2.75, 3.05) is 31.1 Å². The van der Waals surface area contributed by atoms with Gasteiger partial charge in [-0.15, -0.1) is 0 Å². The number of halogens is 2. The van der Waals surface area contributed by atoms with Crippen LogP contribution in [0.15, 0.2) is 60.8 Å². The fraction of sp³-hybridized carbons (Fsp3) is 0.238. The number of rotatable bonds is 5. The monoisotopic (exact) mass is 414 g/mol. The van der Waals surface area contributed by atoms with Gasteiger partial charge in [0.15, 0.2) is 12.4 Å². The van der Waals surface area contributed by atoms with E-state index in [0.29, 0.717) is 29.6 Å². The van der Waals surface area contributed by atoms with E-state index < -0.39 is 0 Å². The van der Waals surface area contributed by atoms with E-state index >= 15 is 0 Å². The Labute approximate surface area is 173 Å². The van der Waals surface area contributed by atoms with Crippen LogP contribution < -0.4 is 9.64 Å². The summed E-state index contributed by atoms with van der Waals surface area (Å²) < 4.78 is 20.0. The van der Waals surface area contributed by atoms with Gasteiger partial charge in [-0.1, -0.05) is 11.6 Å². The number of benzene rings is 2. The molecule has 0 aliphatic carbocycles. The molecule has 6 nitrogen and oxygen atoms in total. The van der Waals surface area contributed by atoms with E-state index in [0.717, 1.165) is 18.8 Å². The highest BCUT2D eigenvalue weighted by molar-refractivity contribution is 6.30. The summed E-state index contributed by atoms with van der Waals surface area (Å²) >= 11 is 5.94. The van der Waals surface area contributed by atoms with Crippen molar-refractivity contribution >= 4 is 23.2 Å². The van der Waals surface area contributed by atoms with Crippen molar-refractivity contribution < 1.29 is 13.9 Å². The predicted octanol–water partition coefficient (Wildman–Crippen LogP) is 3.67. The van der Waals surface area contributed by atoms with Crippen molar-refractivity contribution in [3.63, 3.8) is 0 Å². The van der Waals surface area contributed by atoms with Gasteiger partial charge in [0, 0.05) is 43.1 Å². The van der Waals surface area contributed by atoms with Gasteiger partial charge in [-0.25, -0.2) is 9.07 Å². The summed E-state index contributed by atoms with van der Waals surface area (Å²) in [6.45, 7) is 2.90. The predicted molar refractivity (Wildman–Crippen MR) is 109 cm³/mol. The van der Waals surface area contributed by atoms with Gasteiger partial charge in [-0.2, -0.15) is 5.10 Å². The molecule has 0 bridgehead atoms. The summed E-state index contributed by atoms with van der Waals surface area (Å²) in [6.07, 6.45) is 1.70. The van der Waals surface area contributed by atoms with Crippen LogP contribution in [-0.4, -0.2) is 46.8 Å². The number of carbonyl (C=O) groups excluding carboxylic acids is 1. The SMILES string of the molecule is O=C(c1ccn(COc2ccc(F)cc2)n1)N1CCN(c2ccc(Cl)cc2)CC1. The maximum atomic E-state index is 12.9. The van der Waals surface area contributed by atoms with Gasteiger partial charge in [0.05, 0.1) is 0 Å². The van der Waals surface area contributed by atoms with E-state index in [1.807, 2.05) is 24.3 Å². The number of aromatic nitrogens is 2. The minimum Gasteiger partial charge on any atom is -0.471 e. The second kappa shape index (κ2) is 8.53. The molecule has 1 aliphatic heterocycles. The number of anilines is 1. The van der Waals surface area contributed by atoms with Crippen LogP contribution in [-0.2, 0) is 6.73 Å². The van der Waals surface area contributed by atoms with Crippen LogP contribution in [0.25, 0.3) is 0 Å². The van der Waals surface area contributed by atoms with Gasteiger partial charge >= 0.3 is 0 Å². The molecule has 0 saturated carbocycles. The lowest BCUT2D eigenvalue weighted by atomic mass is 10.2. The zero-order valence-corrected chi connectivity index (χ0v) is 16.4. The lowest BCUT2D eigenvalue weighted by Crippen LogP contribution is -2.48. The zero-order valence-electron chi connectivity index (χ0n) is 15.7. The quantitative estimate of drug-likeness (QED) is 0.639. The van der Waals surface area contributed by atoms with Crippen molar-refractivity contribution in [1.29, 1.82) is 0 Å². The van der Waals surface area contributed by atoms with Crippen molar-refractivity contribution in [2.24, 2.45) is 0 Å². The Morgan fingerprint density at radius 1 is 1.00 bits per heavy atom. The molecule has 1 saturated heterocycles. The first-order valence-electron chi connectivity index (χ1n) is 9.30. The first kappa shape index (κ1) is 19.3. The Hall–Kier alpha value is -3.06. The van der Waals surface area contributed by atoms with Crippen LogP contribution in [0.1, 0.15) is 10.5 Å². The molecule has 1 aromatic heterocycles. The molecule has 0 atom stereocenters. The second-order valence-electron chi connectivity index (χ2n) is 6.72.